The molecule has 2 N–H and O–H groups in total. The first-order valence-electron chi connectivity index (χ1n) is 10.6. The summed E-state index contributed by atoms with van der Waals surface area (Å²) in [5.41, 5.74) is 3.33. The van der Waals surface area contributed by atoms with Gasteiger partial charge in [-0.3, -0.25) is 4.79 Å². The lowest BCUT2D eigenvalue weighted by atomic mass is 9.88. The number of fused-ring (bicyclic) bond motifs is 1. The molecule has 32 heavy (non-hydrogen) atoms. The van der Waals surface area contributed by atoms with Crippen LogP contribution in [0.3, 0.4) is 0 Å². The number of nitrogens with one attached hydrogen (secondary N) is 2. The third-order valence-corrected chi connectivity index (χ3v) is 6.93. The number of amides is 1. The topological polar surface area (TPSA) is 84.5 Å². The van der Waals surface area contributed by atoms with Crippen molar-refractivity contribution in [1.82, 2.24) is 10.0 Å². The molecule has 7 heteroatoms. The Hall–Kier alpha value is -3.16. The van der Waals surface area contributed by atoms with E-state index < -0.39 is 10.0 Å². The molecule has 1 aliphatic carbocycles. The summed E-state index contributed by atoms with van der Waals surface area (Å²) in [5.74, 6) is 0.235. The van der Waals surface area contributed by atoms with Crippen LogP contribution in [0.15, 0.2) is 83.8 Å². The molecule has 0 bridgehead atoms. The largest absolute Gasteiger partial charge is 0.484 e. The highest BCUT2D eigenvalue weighted by Crippen LogP contribution is 2.29. The fraction of sp³-hybridized carbons (Fsp3) is 0.240. The fourth-order valence-corrected chi connectivity index (χ4v) is 4.88. The zero-order valence-electron chi connectivity index (χ0n) is 17.7. The van der Waals surface area contributed by atoms with E-state index in [1.807, 2.05) is 42.5 Å². The maximum atomic E-state index is 12.5. The number of benzene rings is 3. The molecule has 3 aromatic rings. The number of sulfonamides is 1. The highest BCUT2D eigenvalue weighted by atomic mass is 32.2. The van der Waals surface area contributed by atoms with Crippen LogP contribution < -0.4 is 14.8 Å². The van der Waals surface area contributed by atoms with Gasteiger partial charge in [0.15, 0.2) is 6.61 Å². The fourth-order valence-electron chi connectivity index (χ4n) is 3.86. The molecule has 1 aliphatic rings. The zero-order chi connectivity index (χ0) is 22.4. The standard InChI is InChI=1S/C25H26N2O4S/c28-25(27-24-12-6-10-20-9-4-5-11-23(20)24)18-31-21-13-15-22(16-14-21)32(29,30)26-17-19-7-2-1-3-8-19/h1-5,7-9,11,13-16,24,26H,6,10,12,17-18H2,(H,27,28)/t24-/m1/s1. The average molecular weight is 451 g/mol. The Morgan fingerprint density at radius 3 is 2.44 bits per heavy atom. The van der Waals surface area contributed by atoms with E-state index in [-0.39, 0.29) is 30.0 Å². The molecule has 0 unspecified atom stereocenters. The van der Waals surface area contributed by atoms with Crippen molar-refractivity contribution in [3.05, 3.63) is 95.6 Å². The Morgan fingerprint density at radius 1 is 0.938 bits per heavy atom. The molecule has 0 spiro atoms. The van der Waals surface area contributed by atoms with Gasteiger partial charge in [0.05, 0.1) is 10.9 Å². The number of hydrogen-bond donors (Lipinski definition) is 2. The van der Waals surface area contributed by atoms with Crippen LogP contribution in [0.5, 0.6) is 5.75 Å². The third-order valence-electron chi connectivity index (χ3n) is 5.52. The predicted octanol–water partition coefficient (Wildman–Crippen LogP) is 3.74. The van der Waals surface area contributed by atoms with E-state index in [1.165, 1.54) is 23.3 Å². The number of hydrogen-bond acceptors (Lipinski definition) is 4. The minimum absolute atomic E-state index is 0.000687. The second-order valence-electron chi connectivity index (χ2n) is 7.78. The molecule has 1 atom stereocenters. The summed E-state index contributed by atoms with van der Waals surface area (Å²) in [6.07, 6.45) is 2.98. The van der Waals surface area contributed by atoms with Gasteiger partial charge in [0.1, 0.15) is 5.75 Å². The first-order valence-corrected chi connectivity index (χ1v) is 12.1. The average Bonchev–Trinajstić information content (AvgIpc) is 2.83. The summed E-state index contributed by atoms with van der Waals surface area (Å²) in [6.45, 7) is 0.0862. The van der Waals surface area contributed by atoms with E-state index in [0.717, 1.165) is 24.8 Å². The van der Waals surface area contributed by atoms with Crippen LogP contribution in [0, 0.1) is 0 Å². The lowest BCUT2D eigenvalue weighted by Crippen LogP contribution is -2.34. The summed E-state index contributed by atoms with van der Waals surface area (Å²) < 4.78 is 33.1. The SMILES string of the molecule is O=C(COc1ccc(S(=O)(=O)NCc2ccccc2)cc1)N[C@@H]1CCCc2ccccc21. The number of carbonyl (C=O) groups is 1. The first kappa shape index (κ1) is 22.0. The molecule has 0 saturated carbocycles. The van der Waals surface area contributed by atoms with Crippen molar-refractivity contribution in [2.45, 2.75) is 36.7 Å². The van der Waals surface area contributed by atoms with Crippen LogP contribution in [0.25, 0.3) is 0 Å². The van der Waals surface area contributed by atoms with Gasteiger partial charge < -0.3 is 10.1 Å². The molecule has 6 nitrogen and oxygen atoms in total. The summed E-state index contributed by atoms with van der Waals surface area (Å²) >= 11 is 0. The van der Waals surface area contributed by atoms with Crippen molar-refractivity contribution in [2.75, 3.05) is 6.61 Å². The van der Waals surface area contributed by atoms with Gasteiger partial charge in [0.2, 0.25) is 10.0 Å². The van der Waals surface area contributed by atoms with E-state index in [2.05, 4.69) is 22.2 Å². The number of aryl methyl sites for hydroxylation is 1. The summed E-state index contributed by atoms with van der Waals surface area (Å²) in [4.78, 5) is 12.5. The Kier molecular flexibility index (Phi) is 6.87. The smallest absolute Gasteiger partial charge is 0.258 e. The van der Waals surface area contributed by atoms with Crippen molar-refractivity contribution in [2.24, 2.45) is 0 Å². The van der Waals surface area contributed by atoms with Crippen LogP contribution in [0.2, 0.25) is 0 Å². The Bertz CT molecular complexity index is 1160. The van der Waals surface area contributed by atoms with Gasteiger partial charge in [-0.05, 0) is 60.2 Å². The molecule has 0 heterocycles. The van der Waals surface area contributed by atoms with Crippen molar-refractivity contribution in [1.29, 1.82) is 0 Å². The molecule has 0 aromatic heterocycles. The molecule has 3 aromatic carbocycles. The molecular formula is C25H26N2O4S. The van der Waals surface area contributed by atoms with E-state index in [4.69, 9.17) is 4.74 Å². The molecule has 0 aliphatic heterocycles. The number of carbonyl (C=O) groups excluding carboxylic acids is 1. The Morgan fingerprint density at radius 2 is 1.66 bits per heavy atom. The van der Waals surface area contributed by atoms with Crippen molar-refractivity contribution < 1.29 is 17.9 Å². The number of ether oxygens (including phenoxy) is 1. The van der Waals surface area contributed by atoms with Gasteiger partial charge in [0, 0.05) is 6.54 Å². The van der Waals surface area contributed by atoms with Crippen LogP contribution in [-0.4, -0.2) is 20.9 Å². The van der Waals surface area contributed by atoms with E-state index in [9.17, 15) is 13.2 Å². The van der Waals surface area contributed by atoms with Gasteiger partial charge >= 0.3 is 0 Å². The normalized spacial score (nSPS) is 15.6. The van der Waals surface area contributed by atoms with Gasteiger partial charge in [-0.15, -0.1) is 0 Å². The monoisotopic (exact) mass is 450 g/mol. The Labute approximate surface area is 188 Å². The molecule has 1 amide bonds. The predicted molar refractivity (Wildman–Crippen MR) is 123 cm³/mol. The maximum absolute atomic E-state index is 12.5. The second kappa shape index (κ2) is 9.97. The minimum Gasteiger partial charge on any atom is -0.484 e. The summed E-state index contributed by atoms with van der Waals surface area (Å²) in [5, 5.41) is 3.04. The van der Waals surface area contributed by atoms with Gasteiger partial charge in [0.25, 0.3) is 5.91 Å². The van der Waals surface area contributed by atoms with Crippen molar-refractivity contribution in [3.8, 4) is 5.75 Å². The Balaban J connectivity index is 1.30. The van der Waals surface area contributed by atoms with Gasteiger partial charge in [-0.2, -0.15) is 0 Å². The molecule has 0 radical (unpaired) electrons. The second-order valence-corrected chi connectivity index (χ2v) is 9.55. The van der Waals surface area contributed by atoms with Gasteiger partial charge in [-0.1, -0.05) is 54.6 Å². The van der Waals surface area contributed by atoms with E-state index in [0.29, 0.717) is 5.75 Å². The molecule has 4 rings (SSSR count). The first-order chi connectivity index (χ1) is 15.5. The maximum Gasteiger partial charge on any atom is 0.258 e. The highest BCUT2D eigenvalue weighted by Gasteiger charge is 2.21. The molecule has 0 saturated heterocycles. The molecule has 0 fully saturated rings. The van der Waals surface area contributed by atoms with E-state index >= 15 is 0 Å². The van der Waals surface area contributed by atoms with E-state index in [1.54, 1.807) is 12.1 Å². The van der Waals surface area contributed by atoms with Crippen molar-refractivity contribution >= 4 is 15.9 Å². The quantitative estimate of drug-likeness (QED) is 0.548. The molecular weight excluding hydrogens is 424 g/mol. The summed E-state index contributed by atoms with van der Waals surface area (Å²) in [7, 11) is -3.64. The number of rotatable bonds is 8. The summed E-state index contributed by atoms with van der Waals surface area (Å²) in [6, 6.07) is 23.5. The lowest BCUT2D eigenvalue weighted by molar-refractivity contribution is -0.124. The van der Waals surface area contributed by atoms with Crippen molar-refractivity contribution in [3.63, 3.8) is 0 Å². The van der Waals surface area contributed by atoms with Crippen LogP contribution in [0.1, 0.15) is 35.6 Å². The minimum atomic E-state index is -3.64. The van der Waals surface area contributed by atoms with Gasteiger partial charge in [-0.25, -0.2) is 13.1 Å². The zero-order valence-corrected chi connectivity index (χ0v) is 18.5. The lowest BCUT2D eigenvalue weighted by Gasteiger charge is -2.26. The third kappa shape index (κ3) is 5.55. The highest BCUT2D eigenvalue weighted by molar-refractivity contribution is 7.89. The van der Waals surface area contributed by atoms with Crippen LogP contribution >= 0.6 is 0 Å². The molecule has 166 valence electrons. The van der Waals surface area contributed by atoms with Crippen LogP contribution in [-0.2, 0) is 27.8 Å². The van der Waals surface area contributed by atoms with Crippen LogP contribution in [0.4, 0.5) is 0 Å².